The summed E-state index contributed by atoms with van der Waals surface area (Å²) in [5, 5.41) is 58.9. The molecule has 25 heteroatoms. The number of unbranched alkanes of at least 4 members (excludes halogenated alkanes) is 1. The Kier molecular flexibility index (Phi) is 26.3. The summed E-state index contributed by atoms with van der Waals surface area (Å²) in [5.74, 6) is -10.6. The number of amides is 9. The highest BCUT2D eigenvalue weighted by molar-refractivity contribution is 5.98. The fraction of sp³-hybridized carbons (Fsp3) is 0.628. The second-order valence-corrected chi connectivity index (χ2v) is 16.6. The van der Waals surface area contributed by atoms with Crippen LogP contribution in [0.15, 0.2) is 24.3 Å². The summed E-state index contributed by atoms with van der Waals surface area (Å²) < 4.78 is 0. The molecule has 0 radical (unpaired) electrons. The predicted molar refractivity (Wildman–Crippen MR) is 244 cm³/mol. The van der Waals surface area contributed by atoms with E-state index in [1.165, 1.54) is 38.1 Å². The molecule has 0 aliphatic rings. The largest absolute Gasteiger partial charge is 0.508 e. The lowest BCUT2D eigenvalue weighted by Crippen LogP contribution is -2.62. The Morgan fingerprint density at radius 3 is 1.65 bits per heavy atom. The summed E-state index contributed by atoms with van der Waals surface area (Å²) in [6.07, 6.45) is -0.752. The molecule has 0 saturated heterocycles. The van der Waals surface area contributed by atoms with E-state index in [2.05, 4.69) is 42.5 Å². The van der Waals surface area contributed by atoms with Crippen molar-refractivity contribution in [2.45, 2.75) is 141 Å². The minimum Gasteiger partial charge on any atom is -0.508 e. The number of phenolic OH excluding ortho intramolecular Hbond substituents is 1. The van der Waals surface area contributed by atoms with E-state index in [1.807, 2.05) is 0 Å². The smallest absolute Gasteiger partial charge is 0.326 e. The lowest BCUT2D eigenvalue weighted by molar-refractivity contribution is -0.141. The van der Waals surface area contributed by atoms with Crippen molar-refractivity contribution in [3.8, 4) is 5.75 Å². The van der Waals surface area contributed by atoms with E-state index < -0.39 is 145 Å². The fourth-order valence-corrected chi connectivity index (χ4v) is 6.36. The molecule has 18 N–H and O–H groups in total. The van der Waals surface area contributed by atoms with Crippen LogP contribution in [-0.4, -0.2) is 154 Å². The van der Waals surface area contributed by atoms with E-state index >= 15 is 0 Å². The summed E-state index contributed by atoms with van der Waals surface area (Å²) in [6, 6.07) is -5.71. The molecule has 0 fully saturated rings. The molecule has 0 heterocycles. The average Bonchev–Trinajstić information content (AvgIpc) is 3.28. The van der Waals surface area contributed by atoms with Gasteiger partial charge in [-0.2, -0.15) is 0 Å². The number of aliphatic hydroxyl groups is 2. The quantitative estimate of drug-likeness (QED) is 0.0311. The molecular weight excluding hydrogens is 895 g/mol. The van der Waals surface area contributed by atoms with Crippen molar-refractivity contribution >= 4 is 59.1 Å². The van der Waals surface area contributed by atoms with Crippen LogP contribution in [0.3, 0.4) is 0 Å². The summed E-state index contributed by atoms with van der Waals surface area (Å²) in [5.41, 5.74) is 17.0. The van der Waals surface area contributed by atoms with E-state index in [0.29, 0.717) is 24.8 Å². The third-order valence-electron chi connectivity index (χ3n) is 11.0. The van der Waals surface area contributed by atoms with Gasteiger partial charge in [-0.25, -0.2) is 4.79 Å². The van der Waals surface area contributed by atoms with Gasteiger partial charge in [0, 0.05) is 6.42 Å². The van der Waals surface area contributed by atoms with Crippen LogP contribution in [0.5, 0.6) is 5.75 Å². The van der Waals surface area contributed by atoms with Gasteiger partial charge in [-0.3, -0.25) is 43.2 Å². The fourth-order valence-electron chi connectivity index (χ4n) is 6.36. The summed E-state index contributed by atoms with van der Waals surface area (Å²) in [6.45, 7) is 7.73. The zero-order valence-electron chi connectivity index (χ0n) is 39.3. The van der Waals surface area contributed by atoms with E-state index in [-0.39, 0.29) is 31.6 Å². The van der Waals surface area contributed by atoms with Gasteiger partial charge >= 0.3 is 5.97 Å². The third-order valence-corrected chi connectivity index (χ3v) is 11.0. The van der Waals surface area contributed by atoms with Crippen molar-refractivity contribution in [2.75, 3.05) is 19.7 Å². The summed E-state index contributed by atoms with van der Waals surface area (Å²) >= 11 is 0. The van der Waals surface area contributed by atoms with Gasteiger partial charge in [0.25, 0.3) is 0 Å². The van der Waals surface area contributed by atoms with E-state index in [0.717, 1.165) is 0 Å². The van der Waals surface area contributed by atoms with Crippen LogP contribution in [0.2, 0.25) is 0 Å². The molecule has 25 nitrogen and oxygen atoms in total. The number of aliphatic hydroxyl groups excluding tert-OH is 2. The first-order chi connectivity index (χ1) is 31.9. The molecular formula is C43H71N11O14. The van der Waals surface area contributed by atoms with Crippen molar-refractivity contribution in [2.24, 2.45) is 29.0 Å². The number of hydrogen-bond acceptors (Lipinski definition) is 15. The molecule has 9 amide bonds. The van der Waals surface area contributed by atoms with Crippen LogP contribution in [0.25, 0.3) is 0 Å². The normalized spacial score (nSPS) is 15.9. The molecule has 0 bridgehead atoms. The van der Waals surface area contributed by atoms with E-state index in [9.17, 15) is 68.4 Å². The zero-order chi connectivity index (χ0) is 51.8. The Morgan fingerprint density at radius 1 is 0.632 bits per heavy atom. The topological polar surface area (TPSA) is 426 Å². The molecule has 1 aromatic carbocycles. The maximum absolute atomic E-state index is 13.8. The van der Waals surface area contributed by atoms with Gasteiger partial charge in [0.1, 0.15) is 48.0 Å². The van der Waals surface area contributed by atoms with Gasteiger partial charge in [-0.1, -0.05) is 52.7 Å². The number of aromatic hydroxyl groups is 1. The molecule has 0 aromatic heterocycles. The molecule has 0 aliphatic heterocycles. The van der Waals surface area contributed by atoms with Crippen LogP contribution < -0.4 is 59.7 Å². The van der Waals surface area contributed by atoms with Crippen molar-refractivity contribution in [3.63, 3.8) is 0 Å². The van der Waals surface area contributed by atoms with Gasteiger partial charge < -0.3 is 80.2 Å². The number of phenols is 1. The number of carboxylic acid groups (broad SMARTS) is 1. The van der Waals surface area contributed by atoms with Crippen LogP contribution in [0.4, 0.5) is 0 Å². The number of carboxylic acids is 1. The lowest BCUT2D eigenvalue weighted by Gasteiger charge is -2.30. The van der Waals surface area contributed by atoms with Crippen molar-refractivity contribution in [1.82, 2.24) is 42.5 Å². The maximum Gasteiger partial charge on any atom is 0.326 e. The number of hydrogen-bond donors (Lipinski definition) is 15. The average molecular weight is 966 g/mol. The Balaban J connectivity index is 3.12. The number of nitrogens with two attached hydrogens (primary N) is 3. The number of benzene rings is 1. The standard InChI is InChI=1S/C43H71N11O14/c1-7-21(3)33(52-37(61)27(45)18-31(46)58)40(64)48-23(5)36(60)50-28(11-9-10-16-44)39(63)54-35(24(6)56)42(66)53-34(22(4)8-2)41(65)51-30(20-55)38(62)47-19-32(59)49-29(43(67)68)17-25-12-14-26(57)15-13-25/h12-15,21-24,27-30,33-35,55-57H,7-11,16-20,44-45H2,1-6H3,(H2,46,58)(H,47,62)(H,48,64)(H,49,59)(H,50,60)(H,51,65)(H,52,61)(H,53,66)(H,54,63)(H,67,68)/t21-,22-,23-,24+,27-,28-,29-,30-,33-,34-,35-/m0/s1. The molecule has 11 atom stereocenters. The van der Waals surface area contributed by atoms with Crippen molar-refractivity contribution in [1.29, 1.82) is 0 Å². The van der Waals surface area contributed by atoms with Crippen LogP contribution in [0, 0.1) is 11.8 Å². The molecule has 1 rings (SSSR count). The first-order valence-corrected chi connectivity index (χ1v) is 22.3. The predicted octanol–water partition coefficient (Wildman–Crippen LogP) is -4.65. The second-order valence-electron chi connectivity index (χ2n) is 16.6. The van der Waals surface area contributed by atoms with Gasteiger partial charge in [-0.15, -0.1) is 0 Å². The first-order valence-electron chi connectivity index (χ1n) is 22.3. The highest BCUT2D eigenvalue weighted by atomic mass is 16.4. The summed E-state index contributed by atoms with van der Waals surface area (Å²) in [4.78, 5) is 129. The second kappa shape index (κ2) is 30.0. The number of nitrogens with one attached hydrogen (secondary N) is 8. The number of rotatable bonds is 31. The third kappa shape index (κ3) is 20.6. The molecule has 382 valence electrons. The van der Waals surface area contributed by atoms with Crippen molar-refractivity contribution in [3.05, 3.63) is 29.8 Å². The highest BCUT2D eigenvalue weighted by Crippen LogP contribution is 2.13. The monoisotopic (exact) mass is 966 g/mol. The van der Waals surface area contributed by atoms with Crippen molar-refractivity contribution < 1.29 is 68.4 Å². The van der Waals surface area contributed by atoms with Gasteiger partial charge in [0.15, 0.2) is 0 Å². The maximum atomic E-state index is 13.8. The Morgan fingerprint density at radius 2 is 1.15 bits per heavy atom. The minimum atomic E-state index is -1.71. The van der Waals surface area contributed by atoms with Crippen LogP contribution in [-0.2, 0) is 54.4 Å². The Bertz CT molecular complexity index is 1890. The molecule has 0 unspecified atom stereocenters. The molecule has 0 saturated carbocycles. The zero-order valence-corrected chi connectivity index (χ0v) is 39.3. The van der Waals surface area contributed by atoms with Crippen LogP contribution >= 0.6 is 0 Å². The Labute approximate surface area is 394 Å². The molecule has 1 aromatic rings. The highest BCUT2D eigenvalue weighted by Gasteiger charge is 2.36. The van der Waals surface area contributed by atoms with Gasteiger partial charge in [-0.05, 0) is 69.2 Å². The number of primary amides is 1. The lowest BCUT2D eigenvalue weighted by atomic mass is 9.97. The van der Waals surface area contributed by atoms with E-state index in [1.54, 1.807) is 27.7 Å². The van der Waals surface area contributed by atoms with Crippen LogP contribution in [0.1, 0.15) is 85.6 Å². The first kappa shape index (κ1) is 59.6. The molecule has 0 aliphatic carbocycles. The Hall–Kier alpha value is -6.44. The minimum absolute atomic E-state index is 0.00297. The molecule has 68 heavy (non-hydrogen) atoms. The number of aliphatic carboxylic acids is 1. The summed E-state index contributed by atoms with van der Waals surface area (Å²) in [7, 11) is 0. The molecule has 0 spiro atoms. The van der Waals surface area contributed by atoms with Gasteiger partial charge in [0.05, 0.1) is 31.7 Å². The van der Waals surface area contributed by atoms with Gasteiger partial charge in [0.2, 0.25) is 53.2 Å². The number of carbonyl (C=O) groups excluding carboxylic acids is 9. The van der Waals surface area contributed by atoms with E-state index in [4.69, 9.17) is 17.2 Å². The number of carbonyl (C=O) groups is 10. The SMILES string of the molecule is CC[C@H](C)[C@H](NC(=O)[C@@H](NC(=O)[C@H](CCCCN)NC(=O)[C@H](C)NC(=O)[C@@H](NC(=O)[C@@H](N)CC(N)=O)[C@@H](C)CC)[C@@H](C)O)C(=O)N[C@@H](CO)C(=O)NCC(=O)N[C@@H](Cc1ccc(O)cc1)C(=O)O.